The van der Waals surface area contributed by atoms with Gasteiger partial charge in [-0.2, -0.15) is 0 Å². The summed E-state index contributed by atoms with van der Waals surface area (Å²) in [6.07, 6.45) is 2.80. The molecule has 2 heterocycles. The Kier molecular flexibility index (Phi) is 2.96. The molecule has 2 aromatic rings. The molecule has 0 saturated heterocycles. The number of furan rings is 1. The second-order valence-corrected chi connectivity index (χ2v) is 5.76. The molecule has 4 rings (SSSR count). The summed E-state index contributed by atoms with van der Waals surface area (Å²) in [5, 5.41) is 0. The molecule has 0 spiro atoms. The zero-order valence-electron chi connectivity index (χ0n) is 12.2. The maximum Gasteiger partial charge on any atom is 0.363 e. The van der Waals surface area contributed by atoms with Gasteiger partial charge in [0, 0.05) is 17.6 Å². The number of hydrogen-bond acceptors (Lipinski definition) is 4. The molecule has 1 aliphatic heterocycles. The number of carbonyl (C=O) groups excluding carboxylic acids is 1. The average molecular weight is 293 g/mol. The summed E-state index contributed by atoms with van der Waals surface area (Å²) in [6.45, 7) is 2.20. The third-order valence-electron chi connectivity index (χ3n) is 4.04. The zero-order chi connectivity index (χ0) is 15.1. The fourth-order valence-electron chi connectivity index (χ4n) is 2.61. The lowest BCUT2D eigenvalue weighted by Gasteiger charge is -1.97. The minimum absolute atomic E-state index is 0.267. The van der Waals surface area contributed by atoms with Crippen molar-refractivity contribution in [2.75, 3.05) is 0 Å². The van der Waals surface area contributed by atoms with Crippen molar-refractivity contribution in [3.63, 3.8) is 0 Å². The number of carbonyl (C=O) groups is 1. The van der Waals surface area contributed by atoms with E-state index in [0.717, 1.165) is 11.3 Å². The van der Waals surface area contributed by atoms with Gasteiger partial charge in [-0.3, -0.25) is 0 Å². The van der Waals surface area contributed by atoms with Crippen molar-refractivity contribution in [1.82, 2.24) is 0 Å². The van der Waals surface area contributed by atoms with E-state index in [0.29, 0.717) is 23.5 Å². The zero-order valence-corrected chi connectivity index (χ0v) is 12.2. The summed E-state index contributed by atoms with van der Waals surface area (Å²) >= 11 is 0. The lowest BCUT2D eigenvalue weighted by Crippen LogP contribution is -2.04. The van der Waals surface area contributed by atoms with Gasteiger partial charge in [0.25, 0.3) is 0 Å². The lowest BCUT2D eigenvalue weighted by atomic mass is 10.2. The first kappa shape index (κ1) is 13.1. The SMILES string of the molecule is C[C@@H]1C[C@H]1c1ccc(/C=C2\N=C(c3ccccc3)OC2=O)o1. The van der Waals surface area contributed by atoms with Crippen LogP contribution in [0.2, 0.25) is 0 Å². The van der Waals surface area contributed by atoms with Gasteiger partial charge in [0.15, 0.2) is 5.70 Å². The predicted octanol–water partition coefficient (Wildman–Crippen LogP) is 3.75. The van der Waals surface area contributed by atoms with Crippen LogP contribution in [0.5, 0.6) is 0 Å². The molecule has 4 heteroatoms. The molecular formula is C18H15NO3. The highest BCUT2D eigenvalue weighted by atomic mass is 16.6. The summed E-state index contributed by atoms with van der Waals surface area (Å²) in [6, 6.07) is 13.2. The largest absolute Gasteiger partial charge is 0.461 e. The molecule has 1 aromatic heterocycles. The predicted molar refractivity (Wildman–Crippen MR) is 82.3 cm³/mol. The van der Waals surface area contributed by atoms with E-state index in [9.17, 15) is 4.79 Å². The molecule has 0 bridgehead atoms. The van der Waals surface area contributed by atoms with Gasteiger partial charge < -0.3 is 9.15 Å². The molecule has 2 atom stereocenters. The highest BCUT2D eigenvalue weighted by Crippen LogP contribution is 2.47. The van der Waals surface area contributed by atoms with Crippen LogP contribution in [-0.2, 0) is 9.53 Å². The molecule has 1 fully saturated rings. The molecule has 1 aromatic carbocycles. The summed E-state index contributed by atoms with van der Waals surface area (Å²) < 4.78 is 11.0. The van der Waals surface area contributed by atoms with Crippen molar-refractivity contribution in [3.05, 3.63) is 65.2 Å². The van der Waals surface area contributed by atoms with Gasteiger partial charge in [-0.25, -0.2) is 9.79 Å². The van der Waals surface area contributed by atoms with Gasteiger partial charge in [0.2, 0.25) is 5.90 Å². The van der Waals surface area contributed by atoms with Gasteiger partial charge in [-0.15, -0.1) is 0 Å². The van der Waals surface area contributed by atoms with Crippen LogP contribution in [0.3, 0.4) is 0 Å². The van der Waals surface area contributed by atoms with E-state index < -0.39 is 5.97 Å². The Morgan fingerprint density at radius 3 is 2.68 bits per heavy atom. The lowest BCUT2D eigenvalue weighted by molar-refractivity contribution is -0.129. The second kappa shape index (κ2) is 4.98. The van der Waals surface area contributed by atoms with E-state index in [1.54, 1.807) is 6.08 Å². The average Bonchev–Trinajstić information content (AvgIpc) is 2.94. The second-order valence-electron chi connectivity index (χ2n) is 5.76. The summed E-state index contributed by atoms with van der Waals surface area (Å²) in [7, 11) is 0. The van der Waals surface area contributed by atoms with Crippen molar-refractivity contribution >= 4 is 17.9 Å². The minimum atomic E-state index is -0.448. The van der Waals surface area contributed by atoms with Crippen LogP contribution >= 0.6 is 0 Å². The van der Waals surface area contributed by atoms with Crippen molar-refractivity contribution in [2.45, 2.75) is 19.3 Å². The maximum atomic E-state index is 11.9. The standard InChI is InChI=1S/C18H15NO3/c1-11-9-14(11)16-8-7-13(21-16)10-15-18(20)22-17(19-15)12-5-3-2-4-6-12/h2-8,10-11,14H,9H2,1H3/b15-10-/t11-,14-/m1/s1. The first-order valence-electron chi connectivity index (χ1n) is 7.38. The fourth-order valence-corrected chi connectivity index (χ4v) is 2.61. The Morgan fingerprint density at radius 1 is 1.18 bits per heavy atom. The van der Waals surface area contributed by atoms with Crippen LogP contribution in [-0.4, -0.2) is 11.9 Å². The smallest absolute Gasteiger partial charge is 0.363 e. The van der Waals surface area contributed by atoms with Crippen LogP contribution < -0.4 is 0 Å². The van der Waals surface area contributed by atoms with Crippen molar-refractivity contribution in [3.8, 4) is 0 Å². The van der Waals surface area contributed by atoms with Crippen molar-refractivity contribution < 1.29 is 13.9 Å². The van der Waals surface area contributed by atoms with Gasteiger partial charge >= 0.3 is 5.97 Å². The number of ether oxygens (including phenoxy) is 1. The van der Waals surface area contributed by atoms with E-state index in [-0.39, 0.29) is 5.70 Å². The Labute approximate surface area is 128 Å². The highest BCUT2D eigenvalue weighted by Gasteiger charge is 2.36. The van der Waals surface area contributed by atoms with Crippen LogP contribution in [0.1, 0.15) is 36.3 Å². The molecule has 110 valence electrons. The first-order valence-corrected chi connectivity index (χ1v) is 7.38. The quantitative estimate of drug-likeness (QED) is 0.639. The Bertz CT molecular complexity index is 786. The number of hydrogen-bond donors (Lipinski definition) is 0. The van der Waals surface area contributed by atoms with Crippen molar-refractivity contribution in [2.24, 2.45) is 10.9 Å². The molecule has 0 N–H and O–H groups in total. The van der Waals surface area contributed by atoms with Crippen LogP contribution in [0.15, 0.2) is 57.6 Å². The number of rotatable bonds is 3. The van der Waals surface area contributed by atoms with Crippen LogP contribution in [0.4, 0.5) is 0 Å². The first-order chi connectivity index (χ1) is 10.7. The fraction of sp³-hybridized carbons (Fsp3) is 0.222. The number of aliphatic imine (C=N–C) groups is 1. The molecule has 2 aliphatic rings. The molecule has 0 unspecified atom stereocenters. The van der Waals surface area contributed by atoms with E-state index in [2.05, 4.69) is 11.9 Å². The number of esters is 1. The summed E-state index contributed by atoms with van der Waals surface area (Å²) in [4.78, 5) is 16.2. The third-order valence-corrected chi connectivity index (χ3v) is 4.04. The summed E-state index contributed by atoms with van der Waals surface area (Å²) in [5.41, 5.74) is 1.05. The highest BCUT2D eigenvalue weighted by molar-refractivity contribution is 6.12. The molecule has 4 nitrogen and oxygen atoms in total. The number of benzene rings is 1. The van der Waals surface area contributed by atoms with E-state index in [1.807, 2.05) is 42.5 Å². The Hall–Kier alpha value is -2.62. The molecule has 0 radical (unpaired) electrons. The van der Waals surface area contributed by atoms with Gasteiger partial charge in [-0.1, -0.05) is 25.1 Å². The van der Waals surface area contributed by atoms with Crippen LogP contribution in [0.25, 0.3) is 6.08 Å². The Balaban J connectivity index is 1.60. The molecule has 1 aliphatic carbocycles. The molecule has 1 saturated carbocycles. The third kappa shape index (κ3) is 2.37. The number of cyclic esters (lactones) is 1. The Morgan fingerprint density at radius 2 is 1.95 bits per heavy atom. The minimum Gasteiger partial charge on any atom is -0.461 e. The molecule has 0 amide bonds. The van der Waals surface area contributed by atoms with Gasteiger partial charge in [0.1, 0.15) is 11.5 Å². The summed E-state index contributed by atoms with van der Waals surface area (Å²) in [5.74, 6) is 2.71. The van der Waals surface area contributed by atoms with E-state index >= 15 is 0 Å². The monoisotopic (exact) mass is 293 g/mol. The number of nitrogens with zero attached hydrogens (tertiary/aromatic N) is 1. The van der Waals surface area contributed by atoms with E-state index in [4.69, 9.17) is 9.15 Å². The van der Waals surface area contributed by atoms with E-state index in [1.165, 1.54) is 6.42 Å². The van der Waals surface area contributed by atoms with Gasteiger partial charge in [0.05, 0.1) is 0 Å². The van der Waals surface area contributed by atoms with Crippen LogP contribution in [0, 0.1) is 5.92 Å². The molecular weight excluding hydrogens is 278 g/mol. The normalized spacial score (nSPS) is 25.2. The maximum absolute atomic E-state index is 11.9. The molecule has 22 heavy (non-hydrogen) atoms. The topological polar surface area (TPSA) is 51.8 Å². The van der Waals surface area contributed by atoms with Crippen molar-refractivity contribution in [1.29, 1.82) is 0 Å². The van der Waals surface area contributed by atoms with Gasteiger partial charge in [-0.05, 0) is 36.6 Å².